The number of rotatable bonds is 16. The van der Waals surface area contributed by atoms with Crippen molar-refractivity contribution in [1.82, 2.24) is 5.32 Å². The summed E-state index contributed by atoms with van der Waals surface area (Å²) in [6.07, 6.45) is 30.2. The van der Waals surface area contributed by atoms with E-state index in [1.54, 1.807) is 32.9 Å². The quantitative estimate of drug-likeness (QED) is 0.0955. The molecule has 7 heteroatoms. The highest BCUT2D eigenvalue weighted by Gasteiger charge is 2.29. The zero-order valence-electron chi connectivity index (χ0n) is 36.8. The Morgan fingerprint density at radius 2 is 1.14 bits per heavy atom. The Morgan fingerprint density at radius 1 is 0.696 bits per heavy atom. The van der Waals surface area contributed by atoms with E-state index >= 15 is 0 Å². The van der Waals surface area contributed by atoms with E-state index in [4.69, 9.17) is 14.2 Å². The predicted octanol–water partition coefficient (Wildman–Crippen LogP) is 12.4. The molecule has 0 fully saturated rings. The zero-order chi connectivity index (χ0) is 42.1. The van der Waals surface area contributed by atoms with Crippen LogP contribution in [0.5, 0.6) is 0 Å². The molecule has 1 amide bonds. The average molecular weight is 770 g/mol. The molecule has 1 atom stereocenters. The van der Waals surface area contributed by atoms with Crippen molar-refractivity contribution in [2.24, 2.45) is 10.8 Å². The highest BCUT2D eigenvalue weighted by Crippen LogP contribution is 2.41. The van der Waals surface area contributed by atoms with Gasteiger partial charge in [0, 0.05) is 0 Å². The first-order valence-corrected chi connectivity index (χ1v) is 20.2. The lowest BCUT2D eigenvalue weighted by Gasteiger charge is -2.33. The van der Waals surface area contributed by atoms with Crippen LogP contribution in [0, 0.1) is 10.8 Å². The molecular formula is C49H71NO6. The van der Waals surface area contributed by atoms with E-state index < -0.39 is 36.1 Å². The summed E-state index contributed by atoms with van der Waals surface area (Å²) < 4.78 is 16.2. The van der Waals surface area contributed by atoms with Gasteiger partial charge in [-0.15, -0.1) is 0 Å². The van der Waals surface area contributed by atoms with E-state index in [1.807, 2.05) is 50.3 Å². The maximum absolute atomic E-state index is 13.1. The third kappa shape index (κ3) is 18.0. The van der Waals surface area contributed by atoms with E-state index in [2.05, 4.69) is 85.0 Å². The predicted molar refractivity (Wildman–Crippen MR) is 232 cm³/mol. The molecule has 0 aromatic carbocycles. The first-order chi connectivity index (χ1) is 26.1. The number of allylic oxidation sites excluding steroid dienone is 18. The van der Waals surface area contributed by atoms with Crippen molar-refractivity contribution in [3.63, 3.8) is 0 Å². The molecule has 0 spiro atoms. The highest BCUT2D eigenvalue weighted by molar-refractivity contribution is 5.86. The van der Waals surface area contributed by atoms with Gasteiger partial charge in [-0.1, -0.05) is 122 Å². The van der Waals surface area contributed by atoms with Crippen molar-refractivity contribution >= 4 is 18.0 Å². The van der Waals surface area contributed by atoms with Gasteiger partial charge >= 0.3 is 18.0 Å². The Balaban J connectivity index is 1.96. The van der Waals surface area contributed by atoms with E-state index in [0.717, 1.165) is 35.1 Å². The number of hydrogen-bond acceptors (Lipinski definition) is 6. The van der Waals surface area contributed by atoms with Gasteiger partial charge in [-0.25, -0.2) is 9.59 Å². The van der Waals surface area contributed by atoms with Crippen LogP contribution in [0.25, 0.3) is 0 Å². The maximum Gasteiger partial charge on any atom is 0.408 e. The SMILES string of the molecule is CC(C=CC1=C(C)CCCC1(C)C)=CC=CC(C)=CCOC(=O)C[C@H](NC(=O)OC(C)(C)C)C(=O)OCC=C(C)C=CC=C(C)C=CC1=C(C)CCCC1(C)C. The fourth-order valence-corrected chi connectivity index (χ4v) is 6.89. The second kappa shape index (κ2) is 22.4. The molecule has 2 rings (SSSR count). The van der Waals surface area contributed by atoms with Gasteiger partial charge in [0.25, 0.3) is 0 Å². The monoisotopic (exact) mass is 770 g/mol. The van der Waals surface area contributed by atoms with E-state index in [1.165, 1.54) is 48.0 Å². The van der Waals surface area contributed by atoms with Crippen molar-refractivity contribution in [2.45, 2.75) is 147 Å². The molecule has 308 valence electrons. The van der Waals surface area contributed by atoms with Crippen molar-refractivity contribution in [1.29, 1.82) is 0 Å². The van der Waals surface area contributed by atoms with Gasteiger partial charge < -0.3 is 19.5 Å². The summed E-state index contributed by atoms with van der Waals surface area (Å²) >= 11 is 0. The second-order valence-corrected chi connectivity index (χ2v) is 17.7. The lowest BCUT2D eigenvalue weighted by molar-refractivity contribution is -0.151. The van der Waals surface area contributed by atoms with Crippen molar-refractivity contribution in [3.8, 4) is 0 Å². The minimum atomic E-state index is -1.28. The highest BCUT2D eigenvalue weighted by atomic mass is 16.6. The lowest BCUT2D eigenvalue weighted by Crippen LogP contribution is -2.45. The molecule has 0 bridgehead atoms. The molecule has 0 aromatic rings. The number of alkyl carbamates (subject to hydrolysis) is 1. The molecule has 0 saturated carbocycles. The van der Waals surface area contributed by atoms with Crippen LogP contribution in [-0.2, 0) is 23.8 Å². The number of hydrogen-bond donors (Lipinski definition) is 1. The first-order valence-electron chi connectivity index (χ1n) is 20.2. The normalized spacial score (nSPS) is 19.4. The minimum absolute atomic E-state index is 0.0157. The molecule has 7 nitrogen and oxygen atoms in total. The summed E-state index contributed by atoms with van der Waals surface area (Å²) in [5.41, 5.74) is 9.47. The third-order valence-electron chi connectivity index (χ3n) is 10.2. The summed E-state index contributed by atoms with van der Waals surface area (Å²) in [5.74, 6) is -1.42. The van der Waals surface area contributed by atoms with E-state index in [0.29, 0.717) is 0 Å². The zero-order valence-corrected chi connectivity index (χ0v) is 36.8. The summed E-state index contributed by atoms with van der Waals surface area (Å²) in [6, 6.07) is -1.28. The Kier molecular flexibility index (Phi) is 19.1. The van der Waals surface area contributed by atoms with Gasteiger partial charge in [0.15, 0.2) is 0 Å². The van der Waals surface area contributed by atoms with Crippen molar-refractivity contribution in [2.75, 3.05) is 13.2 Å². The smallest absolute Gasteiger partial charge is 0.408 e. The molecule has 0 aliphatic heterocycles. The van der Waals surface area contributed by atoms with Crippen LogP contribution in [0.4, 0.5) is 4.79 Å². The molecule has 0 radical (unpaired) electrons. The van der Waals surface area contributed by atoms with Crippen LogP contribution in [0.3, 0.4) is 0 Å². The Labute approximate surface area is 339 Å². The molecule has 0 saturated heterocycles. The number of nitrogens with one attached hydrogen (secondary N) is 1. The first kappa shape index (κ1) is 47.8. The summed E-state index contributed by atoms with van der Waals surface area (Å²) in [4.78, 5) is 38.4. The lowest BCUT2D eigenvalue weighted by atomic mass is 9.72. The number of carbonyl (C=O) groups is 3. The van der Waals surface area contributed by atoms with Crippen molar-refractivity contribution in [3.05, 3.63) is 117 Å². The van der Waals surface area contributed by atoms with E-state index in [-0.39, 0.29) is 24.0 Å². The molecule has 2 aliphatic carbocycles. The Hall–Kier alpha value is -4.39. The van der Waals surface area contributed by atoms with Gasteiger partial charge in [-0.2, -0.15) is 0 Å². The second-order valence-electron chi connectivity index (χ2n) is 17.7. The molecule has 2 aliphatic rings. The summed E-state index contributed by atoms with van der Waals surface area (Å²) in [6.45, 7) is 26.8. The van der Waals surface area contributed by atoms with Gasteiger partial charge in [0.05, 0.1) is 6.42 Å². The summed E-state index contributed by atoms with van der Waals surface area (Å²) in [5, 5.41) is 2.48. The van der Waals surface area contributed by atoms with Crippen LogP contribution >= 0.6 is 0 Å². The fourth-order valence-electron chi connectivity index (χ4n) is 6.89. The van der Waals surface area contributed by atoms with Gasteiger partial charge in [-0.05, 0) is 135 Å². The molecule has 0 heterocycles. The third-order valence-corrected chi connectivity index (χ3v) is 10.2. The minimum Gasteiger partial charge on any atom is -0.461 e. The van der Waals surface area contributed by atoms with E-state index in [9.17, 15) is 14.4 Å². The summed E-state index contributed by atoms with van der Waals surface area (Å²) in [7, 11) is 0. The van der Waals surface area contributed by atoms with Crippen LogP contribution in [0.2, 0.25) is 0 Å². The van der Waals surface area contributed by atoms with Gasteiger partial charge in [-0.3, -0.25) is 4.79 Å². The molecule has 0 unspecified atom stereocenters. The van der Waals surface area contributed by atoms with Crippen LogP contribution in [-0.4, -0.2) is 42.9 Å². The number of esters is 2. The fraction of sp³-hybridized carbons (Fsp3) is 0.531. The molecule has 56 heavy (non-hydrogen) atoms. The van der Waals surface area contributed by atoms with Crippen LogP contribution in [0.1, 0.15) is 135 Å². The van der Waals surface area contributed by atoms with Gasteiger partial charge in [0.1, 0.15) is 24.9 Å². The number of carbonyl (C=O) groups excluding carboxylic acids is 3. The topological polar surface area (TPSA) is 90.9 Å². The molecular weight excluding hydrogens is 699 g/mol. The molecule has 1 N–H and O–H groups in total. The van der Waals surface area contributed by atoms with Gasteiger partial charge in [0.2, 0.25) is 0 Å². The van der Waals surface area contributed by atoms with Crippen molar-refractivity contribution < 1.29 is 28.6 Å². The maximum atomic E-state index is 13.1. The number of amides is 1. The van der Waals surface area contributed by atoms with Crippen LogP contribution < -0.4 is 5.32 Å². The average Bonchev–Trinajstić information content (AvgIpc) is 3.06. The Morgan fingerprint density at radius 3 is 1.57 bits per heavy atom. The molecule has 0 aromatic heterocycles. The van der Waals surface area contributed by atoms with Crippen LogP contribution in [0.15, 0.2) is 117 Å². The Bertz CT molecular complexity index is 1710. The largest absolute Gasteiger partial charge is 0.461 e. The number of ether oxygens (including phenoxy) is 3. The standard InChI is InChI=1S/C49H71NO6/c1-35(24-26-41-39(5)22-16-30-48(41,10)11)18-14-20-37(3)28-32-54-44(51)34-43(50-46(53)56-47(7,8)9)45(52)55-33-29-38(4)21-15-19-36(2)25-27-42-40(6)23-17-31-49(42,12)13/h14-15,18-21,24-29,43H,16-17,22-23,30-34H2,1-13H3,(H,50,53)/t43-/m0/s1.